The van der Waals surface area contributed by atoms with Crippen LogP contribution in [0.15, 0.2) is 64.4 Å². The average molecular weight is 475 g/mol. The number of aryl methyl sites for hydroxylation is 2. The highest BCUT2D eigenvalue weighted by molar-refractivity contribution is 7.90. The zero-order valence-electron chi connectivity index (χ0n) is 17.9. The standard InChI is InChI=1S/C22H26N4O4S2/c1-16-15-17(2)26(24-16)20-7-3-18(4-8-20)13-14-23-31(27,28)21-9-11-22(12-10-21)32(29,30)25-19-5-6-19/h3-4,7-12,15,19,23,25H,5-6,13-14H2,1-2H3. The van der Waals surface area contributed by atoms with Crippen LogP contribution in [0.3, 0.4) is 0 Å². The summed E-state index contributed by atoms with van der Waals surface area (Å²) in [5.41, 5.74) is 3.94. The maximum absolute atomic E-state index is 12.6. The largest absolute Gasteiger partial charge is 0.240 e. The van der Waals surface area contributed by atoms with Gasteiger partial charge in [-0.1, -0.05) is 12.1 Å². The number of hydrogen-bond acceptors (Lipinski definition) is 5. The van der Waals surface area contributed by atoms with Gasteiger partial charge in [-0.15, -0.1) is 0 Å². The maximum atomic E-state index is 12.6. The first-order valence-corrected chi connectivity index (χ1v) is 13.4. The highest BCUT2D eigenvalue weighted by Gasteiger charge is 2.28. The van der Waals surface area contributed by atoms with Gasteiger partial charge in [0.15, 0.2) is 0 Å². The summed E-state index contributed by atoms with van der Waals surface area (Å²) in [6.07, 6.45) is 2.19. The Morgan fingerprint density at radius 2 is 1.50 bits per heavy atom. The van der Waals surface area contributed by atoms with Crippen LogP contribution in [0.4, 0.5) is 0 Å². The lowest BCUT2D eigenvalue weighted by atomic mass is 10.1. The van der Waals surface area contributed by atoms with Crippen molar-refractivity contribution in [2.45, 2.75) is 48.9 Å². The number of rotatable bonds is 9. The van der Waals surface area contributed by atoms with Gasteiger partial charge in [-0.25, -0.2) is 31.0 Å². The van der Waals surface area contributed by atoms with E-state index in [1.54, 1.807) is 0 Å². The van der Waals surface area contributed by atoms with Crippen molar-refractivity contribution in [1.29, 1.82) is 0 Å². The summed E-state index contributed by atoms with van der Waals surface area (Å²) >= 11 is 0. The molecule has 8 nitrogen and oxygen atoms in total. The molecule has 1 aliphatic carbocycles. The van der Waals surface area contributed by atoms with E-state index in [4.69, 9.17) is 0 Å². The molecule has 4 rings (SSSR count). The number of aromatic nitrogens is 2. The van der Waals surface area contributed by atoms with E-state index in [1.807, 2.05) is 48.9 Å². The van der Waals surface area contributed by atoms with Crippen LogP contribution in [0.5, 0.6) is 0 Å². The lowest BCUT2D eigenvalue weighted by molar-refractivity contribution is 0.577. The molecule has 0 spiro atoms. The molecule has 170 valence electrons. The number of nitrogens with zero attached hydrogens (tertiary/aromatic N) is 2. The smallest absolute Gasteiger partial charge is 0.238 e. The van der Waals surface area contributed by atoms with Crippen LogP contribution < -0.4 is 9.44 Å². The van der Waals surface area contributed by atoms with Crippen molar-refractivity contribution in [2.24, 2.45) is 0 Å². The Morgan fingerprint density at radius 3 is 2.03 bits per heavy atom. The van der Waals surface area contributed by atoms with E-state index in [9.17, 15) is 16.8 Å². The van der Waals surface area contributed by atoms with E-state index in [0.717, 1.165) is 35.5 Å². The molecule has 0 aliphatic heterocycles. The highest BCUT2D eigenvalue weighted by Crippen LogP contribution is 2.23. The predicted molar refractivity (Wildman–Crippen MR) is 122 cm³/mol. The minimum atomic E-state index is -3.74. The molecule has 0 unspecified atom stereocenters. The molecule has 1 fully saturated rings. The molecular weight excluding hydrogens is 448 g/mol. The second-order valence-electron chi connectivity index (χ2n) is 8.02. The van der Waals surface area contributed by atoms with Crippen LogP contribution in [-0.2, 0) is 26.5 Å². The van der Waals surface area contributed by atoms with E-state index < -0.39 is 20.0 Å². The third kappa shape index (κ3) is 5.26. The fourth-order valence-electron chi connectivity index (χ4n) is 3.39. The summed E-state index contributed by atoms with van der Waals surface area (Å²) in [5.74, 6) is 0. The van der Waals surface area contributed by atoms with Crippen molar-refractivity contribution in [2.75, 3.05) is 6.54 Å². The first-order valence-electron chi connectivity index (χ1n) is 10.4. The SMILES string of the molecule is Cc1cc(C)n(-c2ccc(CCNS(=O)(=O)c3ccc(S(=O)(=O)NC4CC4)cc3)cc2)n1. The number of hydrogen-bond donors (Lipinski definition) is 2. The summed E-state index contributed by atoms with van der Waals surface area (Å²) in [5, 5.41) is 4.46. The Balaban J connectivity index is 1.35. The van der Waals surface area contributed by atoms with E-state index in [1.165, 1.54) is 24.3 Å². The molecule has 0 amide bonds. The highest BCUT2D eigenvalue weighted by atomic mass is 32.2. The fraction of sp³-hybridized carbons (Fsp3) is 0.318. The summed E-state index contributed by atoms with van der Waals surface area (Å²) < 4.78 is 56.6. The normalized spacial score (nSPS) is 14.6. The van der Waals surface area contributed by atoms with Gasteiger partial charge >= 0.3 is 0 Å². The molecule has 10 heteroatoms. The maximum Gasteiger partial charge on any atom is 0.240 e. The minimum absolute atomic E-state index is 0.00757. The number of benzene rings is 2. The van der Waals surface area contributed by atoms with E-state index in [-0.39, 0.29) is 22.4 Å². The molecule has 1 aromatic heterocycles. The molecule has 0 saturated heterocycles. The van der Waals surface area contributed by atoms with E-state index in [2.05, 4.69) is 14.5 Å². The zero-order chi connectivity index (χ0) is 22.9. The second kappa shape index (κ2) is 8.78. The van der Waals surface area contributed by atoms with E-state index >= 15 is 0 Å². The third-order valence-electron chi connectivity index (χ3n) is 5.24. The topological polar surface area (TPSA) is 110 Å². The molecule has 0 bridgehead atoms. The third-order valence-corrected chi connectivity index (χ3v) is 8.25. The quantitative estimate of drug-likeness (QED) is 0.495. The van der Waals surface area contributed by atoms with Gasteiger partial charge in [-0.05, 0) is 81.1 Å². The molecule has 1 aliphatic rings. The Morgan fingerprint density at radius 1 is 0.906 bits per heavy atom. The van der Waals surface area contributed by atoms with Crippen LogP contribution in [0.25, 0.3) is 5.69 Å². The van der Waals surface area contributed by atoms with Gasteiger partial charge in [0.2, 0.25) is 20.0 Å². The van der Waals surface area contributed by atoms with Gasteiger partial charge in [0.1, 0.15) is 0 Å². The molecule has 2 N–H and O–H groups in total. The molecule has 1 heterocycles. The molecule has 3 aromatic rings. The van der Waals surface area contributed by atoms with Crippen LogP contribution in [0.2, 0.25) is 0 Å². The molecule has 0 atom stereocenters. The lowest BCUT2D eigenvalue weighted by Crippen LogP contribution is -2.27. The first kappa shape index (κ1) is 22.7. The number of sulfonamides is 2. The van der Waals surface area contributed by atoms with Crippen LogP contribution >= 0.6 is 0 Å². The molecule has 2 aromatic carbocycles. The Bertz CT molecular complexity index is 1310. The monoisotopic (exact) mass is 474 g/mol. The first-order chi connectivity index (χ1) is 15.1. The molecular formula is C22H26N4O4S2. The lowest BCUT2D eigenvalue weighted by Gasteiger charge is -2.09. The summed E-state index contributed by atoms with van der Waals surface area (Å²) in [6.45, 7) is 4.17. The Kier molecular flexibility index (Phi) is 6.22. The van der Waals surface area contributed by atoms with Gasteiger partial charge in [0, 0.05) is 18.3 Å². The van der Waals surface area contributed by atoms with Gasteiger partial charge in [-0.2, -0.15) is 5.10 Å². The van der Waals surface area contributed by atoms with Crippen LogP contribution in [0.1, 0.15) is 29.8 Å². The second-order valence-corrected chi connectivity index (χ2v) is 11.5. The average Bonchev–Trinajstić information content (AvgIpc) is 3.49. The summed E-state index contributed by atoms with van der Waals surface area (Å²) in [4.78, 5) is 0.0915. The van der Waals surface area contributed by atoms with Crippen molar-refractivity contribution in [3.8, 4) is 5.69 Å². The van der Waals surface area contributed by atoms with Crippen molar-refractivity contribution in [3.05, 3.63) is 71.5 Å². The molecule has 0 radical (unpaired) electrons. The fourth-order valence-corrected chi connectivity index (χ4v) is 5.73. The van der Waals surface area contributed by atoms with Gasteiger partial charge in [0.25, 0.3) is 0 Å². The predicted octanol–water partition coefficient (Wildman–Crippen LogP) is 2.45. The molecule has 32 heavy (non-hydrogen) atoms. The minimum Gasteiger partial charge on any atom is -0.238 e. The van der Waals surface area contributed by atoms with E-state index in [0.29, 0.717) is 6.42 Å². The van der Waals surface area contributed by atoms with Crippen molar-refractivity contribution in [3.63, 3.8) is 0 Å². The van der Waals surface area contributed by atoms with Crippen molar-refractivity contribution < 1.29 is 16.8 Å². The van der Waals surface area contributed by atoms with Gasteiger partial charge in [0.05, 0.1) is 21.2 Å². The Labute approximate surface area is 188 Å². The Hall–Kier alpha value is -2.53. The summed E-state index contributed by atoms with van der Waals surface area (Å²) in [6, 6.07) is 15.1. The zero-order valence-corrected chi connectivity index (χ0v) is 19.6. The van der Waals surface area contributed by atoms with Crippen LogP contribution in [-0.4, -0.2) is 39.2 Å². The van der Waals surface area contributed by atoms with Gasteiger partial charge in [-0.3, -0.25) is 0 Å². The van der Waals surface area contributed by atoms with Gasteiger partial charge < -0.3 is 0 Å². The number of nitrogens with one attached hydrogen (secondary N) is 2. The molecule has 1 saturated carbocycles. The van der Waals surface area contributed by atoms with Crippen molar-refractivity contribution >= 4 is 20.0 Å². The summed E-state index contributed by atoms with van der Waals surface area (Å²) in [7, 11) is -7.35. The van der Waals surface area contributed by atoms with Crippen molar-refractivity contribution in [1.82, 2.24) is 19.2 Å². The van der Waals surface area contributed by atoms with Crippen LogP contribution in [0, 0.1) is 13.8 Å².